The zero-order chi connectivity index (χ0) is 15.2. The monoisotopic (exact) mass is 300 g/mol. The molecule has 2 aromatic carbocycles. The van der Waals surface area contributed by atoms with Gasteiger partial charge in [0, 0.05) is 21.8 Å². The Hall–Kier alpha value is -2.27. The zero-order valence-electron chi connectivity index (χ0n) is 11.8. The summed E-state index contributed by atoms with van der Waals surface area (Å²) in [6.45, 7) is 1.51. The molecule has 0 saturated carbocycles. The van der Waals surface area contributed by atoms with E-state index >= 15 is 0 Å². The minimum absolute atomic E-state index is 0.000109. The Morgan fingerprint density at radius 1 is 0.952 bits per heavy atom. The van der Waals surface area contributed by atoms with Crippen LogP contribution in [-0.4, -0.2) is 18.1 Å². The Kier molecular flexibility index (Phi) is 5.00. The van der Waals surface area contributed by atoms with Crippen LogP contribution >= 0.6 is 11.8 Å². The Morgan fingerprint density at radius 2 is 1.62 bits per heavy atom. The highest BCUT2D eigenvalue weighted by Gasteiger charge is 2.04. The van der Waals surface area contributed by atoms with Gasteiger partial charge in [-0.05, 0) is 55.6 Å². The van der Waals surface area contributed by atoms with Crippen LogP contribution in [0.3, 0.4) is 0 Å². The first-order valence-electron chi connectivity index (χ1n) is 6.41. The Morgan fingerprint density at radius 3 is 2.24 bits per heavy atom. The van der Waals surface area contributed by atoms with Crippen LogP contribution < -0.4 is 10.6 Å². The van der Waals surface area contributed by atoms with E-state index in [0.29, 0.717) is 11.3 Å². The minimum atomic E-state index is -0.316. The third kappa shape index (κ3) is 4.36. The molecule has 0 aliphatic rings. The number of hydrogen-bond donors (Lipinski definition) is 2. The molecule has 0 spiro atoms. The van der Waals surface area contributed by atoms with Crippen LogP contribution in [0.4, 0.5) is 16.2 Å². The summed E-state index contributed by atoms with van der Waals surface area (Å²) in [6, 6.07) is 14.1. The number of urea groups is 1. The second kappa shape index (κ2) is 6.95. The Balaban J connectivity index is 1.99. The molecule has 0 unspecified atom stereocenters. The zero-order valence-corrected chi connectivity index (χ0v) is 12.7. The van der Waals surface area contributed by atoms with Gasteiger partial charge in [0.05, 0.1) is 0 Å². The number of thioether (sulfide) groups is 1. The van der Waals surface area contributed by atoms with Gasteiger partial charge in [0.25, 0.3) is 0 Å². The van der Waals surface area contributed by atoms with Crippen LogP contribution in [0.1, 0.15) is 17.3 Å². The topological polar surface area (TPSA) is 58.2 Å². The summed E-state index contributed by atoms with van der Waals surface area (Å²) in [6.07, 6.45) is 1.98. The second-order valence-electron chi connectivity index (χ2n) is 4.44. The fraction of sp³-hybridized carbons (Fsp3) is 0.125. The standard InChI is InChI=1S/C16H16N2O2S/c1-11(19)12-6-8-13(9-7-12)17-16(20)18-14-4-3-5-15(10-14)21-2/h3-10H,1-2H3,(H2,17,18,20). The predicted molar refractivity (Wildman–Crippen MR) is 87.3 cm³/mol. The first kappa shape index (κ1) is 15.1. The fourth-order valence-electron chi connectivity index (χ4n) is 1.78. The van der Waals surface area contributed by atoms with E-state index in [9.17, 15) is 9.59 Å². The maximum Gasteiger partial charge on any atom is 0.323 e. The lowest BCUT2D eigenvalue weighted by molar-refractivity contribution is 0.101. The first-order valence-corrected chi connectivity index (χ1v) is 7.64. The molecule has 2 aromatic rings. The van der Waals surface area contributed by atoms with E-state index in [-0.39, 0.29) is 11.8 Å². The van der Waals surface area contributed by atoms with Gasteiger partial charge in [-0.2, -0.15) is 0 Å². The van der Waals surface area contributed by atoms with Gasteiger partial charge in [0.2, 0.25) is 0 Å². The van der Waals surface area contributed by atoms with Crippen LogP contribution in [0, 0.1) is 0 Å². The summed E-state index contributed by atoms with van der Waals surface area (Å²) in [5, 5.41) is 5.50. The lowest BCUT2D eigenvalue weighted by Gasteiger charge is -2.08. The number of ketones is 1. The summed E-state index contributed by atoms with van der Waals surface area (Å²) in [5.41, 5.74) is 1.99. The molecule has 2 amide bonds. The molecule has 0 fully saturated rings. The number of carbonyl (C=O) groups is 2. The van der Waals surface area contributed by atoms with Crippen molar-refractivity contribution in [3.05, 3.63) is 54.1 Å². The normalized spacial score (nSPS) is 10.0. The number of rotatable bonds is 4. The van der Waals surface area contributed by atoms with Gasteiger partial charge in [0.1, 0.15) is 0 Å². The van der Waals surface area contributed by atoms with Crippen molar-refractivity contribution in [3.63, 3.8) is 0 Å². The van der Waals surface area contributed by atoms with Crippen molar-refractivity contribution in [2.75, 3.05) is 16.9 Å². The van der Waals surface area contributed by atoms with Crippen LogP contribution in [0.15, 0.2) is 53.4 Å². The molecule has 0 atom stereocenters. The number of Topliss-reactive ketones (excluding diaryl/α,β-unsaturated/α-hetero) is 1. The van der Waals surface area contributed by atoms with E-state index < -0.39 is 0 Å². The molecule has 21 heavy (non-hydrogen) atoms. The van der Waals surface area contributed by atoms with Crippen molar-refractivity contribution in [2.45, 2.75) is 11.8 Å². The summed E-state index contributed by atoms with van der Waals surface area (Å²) in [4.78, 5) is 24.2. The Bertz CT molecular complexity index is 654. The van der Waals surface area contributed by atoms with Crippen LogP contribution in [0.25, 0.3) is 0 Å². The summed E-state index contributed by atoms with van der Waals surface area (Å²) in [7, 11) is 0. The number of carbonyl (C=O) groups excluding carboxylic acids is 2. The Labute approximate surface area is 127 Å². The fourth-order valence-corrected chi connectivity index (χ4v) is 2.24. The van der Waals surface area contributed by atoms with Gasteiger partial charge in [-0.1, -0.05) is 6.07 Å². The highest BCUT2D eigenvalue weighted by molar-refractivity contribution is 7.98. The maximum absolute atomic E-state index is 11.9. The van der Waals surface area contributed by atoms with E-state index in [1.165, 1.54) is 6.92 Å². The smallest absolute Gasteiger partial charge is 0.308 e. The van der Waals surface area contributed by atoms with E-state index in [1.807, 2.05) is 30.5 Å². The SMILES string of the molecule is CSc1cccc(NC(=O)Nc2ccc(C(C)=O)cc2)c1. The van der Waals surface area contributed by atoms with Crippen molar-refractivity contribution in [3.8, 4) is 0 Å². The largest absolute Gasteiger partial charge is 0.323 e. The predicted octanol–water partition coefficient (Wildman–Crippen LogP) is 4.26. The molecule has 0 aromatic heterocycles. The summed E-state index contributed by atoms with van der Waals surface area (Å²) in [5.74, 6) is -0.000109. The molecule has 0 aliphatic carbocycles. The number of hydrogen-bond acceptors (Lipinski definition) is 3. The average molecular weight is 300 g/mol. The molecule has 0 radical (unpaired) electrons. The molecule has 0 aliphatic heterocycles. The van der Waals surface area contributed by atoms with Crippen LogP contribution in [0.5, 0.6) is 0 Å². The molecule has 0 saturated heterocycles. The third-order valence-electron chi connectivity index (χ3n) is 2.88. The van der Waals surface area contributed by atoms with Gasteiger partial charge in [-0.3, -0.25) is 4.79 Å². The second-order valence-corrected chi connectivity index (χ2v) is 5.32. The molecular weight excluding hydrogens is 284 g/mol. The van der Waals surface area contributed by atoms with Gasteiger partial charge in [0.15, 0.2) is 5.78 Å². The summed E-state index contributed by atoms with van der Waals surface area (Å²) < 4.78 is 0. The van der Waals surface area contributed by atoms with Crippen molar-refractivity contribution in [1.29, 1.82) is 0 Å². The number of anilines is 2. The van der Waals surface area contributed by atoms with Gasteiger partial charge < -0.3 is 10.6 Å². The number of benzene rings is 2. The van der Waals surface area contributed by atoms with E-state index in [1.54, 1.807) is 36.0 Å². The van der Waals surface area contributed by atoms with E-state index in [4.69, 9.17) is 0 Å². The van der Waals surface area contributed by atoms with Gasteiger partial charge in [-0.25, -0.2) is 4.79 Å². The molecule has 108 valence electrons. The summed E-state index contributed by atoms with van der Waals surface area (Å²) >= 11 is 1.61. The molecule has 2 N–H and O–H groups in total. The molecule has 0 heterocycles. The van der Waals surface area contributed by atoms with E-state index in [2.05, 4.69) is 10.6 Å². The average Bonchev–Trinajstić information content (AvgIpc) is 2.47. The molecule has 4 nitrogen and oxygen atoms in total. The van der Waals surface area contributed by atoms with Crippen LogP contribution in [-0.2, 0) is 0 Å². The maximum atomic E-state index is 11.9. The highest BCUT2D eigenvalue weighted by atomic mass is 32.2. The van der Waals surface area contributed by atoms with Crippen molar-refractivity contribution >= 4 is 35.0 Å². The van der Waals surface area contributed by atoms with Gasteiger partial charge in [-0.15, -0.1) is 11.8 Å². The highest BCUT2D eigenvalue weighted by Crippen LogP contribution is 2.19. The molecular formula is C16H16N2O2S. The number of amides is 2. The number of nitrogens with one attached hydrogen (secondary N) is 2. The quantitative estimate of drug-likeness (QED) is 0.655. The lowest BCUT2D eigenvalue weighted by atomic mass is 10.1. The molecule has 0 bridgehead atoms. The minimum Gasteiger partial charge on any atom is -0.308 e. The van der Waals surface area contributed by atoms with Crippen molar-refractivity contribution in [2.24, 2.45) is 0 Å². The van der Waals surface area contributed by atoms with Gasteiger partial charge >= 0.3 is 6.03 Å². The molecule has 5 heteroatoms. The van der Waals surface area contributed by atoms with Crippen molar-refractivity contribution in [1.82, 2.24) is 0 Å². The first-order chi connectivity index (χ1) is 10.1. The molecule has 2 rings (SSSR count). The van der Waals surface area contributed by atoms with Crippen molar-refractivity contribution < 1.29 is 9.59 Å². The third-order valence-corrected chi connectivity index (χ3v) is 3.60. The lowest BCUT2D eigenvalue weighted by Crippen LogP contribution is -2.19. The van der Waals surface area contributed by atoms with E-state index in [0.717, 1.165) is 10.6 Å². The van der Waals surface area contributed by atoms with Crippen LogP contribution in [0.2, 0.25) is 0 Å².